The van der Waals surface area contributed by atoms with Crippen molar-refractivity contribution in [2.75, 3.05) is 7.11 Å². The highest BCUT2D eigenvalue weighted by Gasteiger charge is 2.12. The van der Waals surface area contributed by atoms with Gasteiger partial charge < -0.3 is 4.74 Å². The summed E-state index contributed by atoms with van der Waals surface area (Å²) >= 11 is 0. The number of fused-ring (bicyclic) bond motifs is 1. The van der Waals surface area contributed by atoms with E-state index < -0.39 is 0 Å². The number of ketones is 1. The Bertz CT molecular complexity index is 813. The summed E-state index contributed by atoms with van der Waals surface area (Å²) in [5.41, 5.74) is 2.66. The largest absolute Gasteiger partial charge is 0.480 e. The minimum Gasteiger partial charge on any atom is -0.480 e. The molecule has 0 bridgehead atoms. The molecule has 2 heterocycles. The quantitative estimate of drug-likeness (QED) is 0.689. The van der Waals surface area contributed by atoms with E-state index in [-0.39, 0.29) is 11.5 Å². The van der Waals surface area contributed by atoms with Crippen molar-refractivity contribution in [1.82, 2.24) is 15.2 Å². The number of carbonyl (C=O) groups excluding carboxylic acids is 1. The molecule has 0 fully saturated rings. The normalized spacial score (nSPS) is 10.6. The number of rotatable bonds is 3. The van der Waals surface area contributed by atoms with Gasteiger partial charge in [-0.15, -0.1) is 10.2 Å². The summed E-state index contributed by atoms with van der Waals surface area (Å²) in [5, 5.41) is 8.62. The van der Waals surface area contributed by atoms with Gasteiger partial charge in [0, 0.05) is 22.7 Å². The Balaban J connectivity index is 1.98. The number of pyridine rings is 1. The monoisotopic (exact) mass is 279 g/mol. The fourth-order valence-corrected chi connectivity index (χ4v) is 2.07. The third-order valence-corrected chi connectivity index (χ3v) is 3.17. The summed E-state index contributed by atoms with van der Waals surface area (Å²) in [6, 6.07) is 12.5. The molecule has 0 saturated carbocycles. The van der Waals surface area contributed by atoms with Gasteiger partial charge in [-0.05, 0) is 37.3 Å². The van der Waals surface area contributed by atoms with Gasteiger partial charge in [-0.1, -0.05) is 6.07 Å². The lowest BCUT2D eigenvalue weighted by molar-refractivity contribution is 0.103. The lowest BCUT2D eigenvalue weighted by Gasteiger charge is -2.03. The molecule has 0 spiro atoms. The first kappa shape index (κ1) is 13.2. The van der Waals surface area contributed by atoms with Gasteiger partial charge >= 0.3 is 0 Å². The predicted octanol–water partition coefficient (Wildman–Crippen LogP) is 2.57. The van der Waals surface area contributed by atoms with Crippen molar-refractivity contribution < 1.29 is 9.53 Å². The van der Waals surface area contributed by atoms with E-state index in [1.807, 2.05) is 31.2 Å². The third-order valence-electron chi connectivity index (χ3n) is 3.17. The molecule has 0 radical (unpaired) electrons. The Morgan fingerprint density at radius 2 is 1.90 bits per heavy atom. The second kappa shape index (κ2) is 5.28. The fourth-order valence-electron chi connectivity index (χ4n) is 2.07. The minimum atomic E-state index is -0.173. The van der Waals surface area contributed by atoms with Crippen LogP contribution in [0.4, 0.5) is 0 Å². The molecule has 0 N–H and O–H groups in total. The maximum Gasteiger partial charge on any atom is 0.233 e. The molecule has 0 atom stereocenters. The summed E-state index contributed by atoms with van der Waals surface area (Å²) in [4.78, 5) is 16.8. The average Bonchev–Trinajstić information content (AvgIpc) is 2.53. The Morgan fingerprint density at radius 3 is 2.62 bits per heavy atom. The second-order valence-electron chi connectivity index (χ2n) is 4.65. The highest BCUT2D eigenvalue weighted by atomic mass is 16.5. The Hall–Kier alpha value is -2.82. The molecule has 5 heteroatoms. The number of ether oxygens (including phenoxy) is 1. The zero-order valence-corrected chi connectivity index (χ0v) is 11.7. The molecule has 3 rings (SSSR count). The van der Waals surface area contributed by atoms with E-state index in [2.05, 4.69) is 15.2 Å². The first-order valence-electron chi connectivity index (χ1n) is 6.47. The summed E-state index contributed by atoms with van der Waals surface area (Å²) in [5.74, 6) is 0.206. The average molecular weight is 279 g/mol. The standard InChI is InChI=1S/C16H13N3O2/c1-10-3-4-11-9-12(5-6-13(11)17-10)16(20)14-7-8-15(21-2)19-18-14/h3-9H,1-2H3. The van der Waals surface area contributed by atoms with Crippen LogP contribution in [-0.2, 0) is 0 Å². The van der Waals surface area contributed by atoms with Gasteiger partial charge in [-0.25, -0.2) is 0 Å². The molecule has 0 aliphatic carbocycles. The van der Waals surface area contributed by atoms with E-state index in [1.54, 1.807) is 18.2 Å². The van der Waals surface area contributed by atoms with E-state index in [0.717, 1.165) is 16.6 Å². The number of benzene rings is 1. The van der Waals surface area contributed by atoms with Crippen LogP contribution in [-0.4, -0.2) is 28.1 Å². The van der Waals surface area contributed by atoms with Gasteiger partial charge in [0.25, 0.3) is 0 Å². The molecule has 5 nitrogen and oxygen atoms in total. The number of hydrogen-bond donors (Lipinski definition) is 0. The zero-order chi connectivity index (χ0) is 14.8. The van der Waals surface area contributed by atoms with Crippen molar-refractivity contribution in [3.8, 4) is 5.88 Å². The van der Waals surface area contributed by atoms with Crippen LogP contribution >= 0.6 is 0 Å². The molecule has 104 valence electrons. The second-order valence-corrected chi connectivity index (χ2v) is 4.65. The molecule has 0 aliphatic rings. The van der Waals surface area contributed by atoms with Crippen molar-refractivity contribution in [2.45, 2.75) is 6.92 Å². The van der Waals surface area contributed by atoms with E-state index in [9.17, 15) is 4.79 Å². The van der Waals surface area contributed by atoms with Crippen LogP contribution in [0.2, 0.25) is 0 Å². The highest BCUT2D eigenvalue weighted by Crippen LogP contribution is 2.17. The lowest BCUT2D eigenvalue weighted by atomic mass is 10.0. The molecule has 2 aromatic heterocycles. The Kier molecular flexibility index (Phi) is 3.31. The van der Waals surface area contributed by atoms with Crippen LogP contribution < -0.4 is 4.74 Å². The molecule has 21 heavy (non-hydrogen) atoms. The maximum atomic E-state index is 12.4. The first-order chi connectivity index (χ1) is 10.2. The first-order valence-corrected chi connectivity index (χ1v) is 6.47. The predicted molar refractivity (Wildman–Crippen MR) is 78.5 cm³/mol. The zero-order valence-electron chi connectivity index (χ0n) is 11.7. The molecule has 0 saturated heterocycles. The molecule has 0 unspecified atom stereocenters. The third kappa shape index (κ3) is 2.58. The summed E-state index contributed by atoms with van der Waals surface area (Å²) in [6.45, 7) is 1.94. The smallest absolute Gasteiger partial charge is 0.233 e. The molecule has 0 amide bonds. The molecule has 0 aliphatic heterocycles. The topological polar surface area (TPSA) is 65.0 Å². The van der Waals surface area contributed by atoms with Crippen LogP contribution in [0.25, 0.3) is 10.9 Å². The van der Waals surface area contributed by atoms with Gasteiger partial charge in [0.2, 0.25) is 11.7 Å². The highest BCUT2D eigenvalue weighted by molar-refractivity contribution is 6.09. The Morgan fingerprint density at radius 1 is 1.05 bits per heavy atom. The van der Waals surface area contributed by atoms with Crippen molar-refractivity contribution in [3.05, 3.63) is 59.4 Å². The van der Waals surface area contributed by atoms with E-state index in [0.29, 0.717) is 11.4 Å². The van der Waals surface area contributed by atoms with Crippen LogP contribution in [0.15, 0.2) is 42.5 Å². The number of carbonyl (C=O) groups is 1. The molecular formula is C16H13N3O2. The minimum absolute atomic E-state index is 0.173. The van der Waals surface area contributed by atoms with Crippen molar-refractivity contribution in [3.63, 3.8) is 0 Å². The number of aryl methyl sites for hydroxylation is 1. The van der Waals surface area contributed by atoms with Crippen LogP contribution in [0.5, 0.6) is 5.88 Å². The summed E-state index contributed by atoms with van der Waals surface area (Å²) in [6.07, 6.45) is 0. The van der Waals surface area contributed by atoms with Gasteiger partial charge in [0.1, 0.15) is 5.69 Å². The van der Waals surface area contributed by atoms with Crippen LogP contribution in [0.1, 0.15) is 21.7 Å². The number of methoxy groups -OCH3 is 1. The van der Waals surface area contributed by atoms with Crippen molar-refractivity contribution >= 4 is 16.7 Å². The van der Waals surface area contributed by atoms with Crippen LogP contribution in [0.3, 0.4) is 0 Å². The van der Waals surface area contributed by atoms with Gasteiger partial charge in [0.15, 0.2) is 0 Å². The van der Waals surface area contributed by atoms with E-state index >= 15 is 0 Å². The number of hydrogen-bond acceptors (Lipinski definition) is 5. The van der Waals surface area contributed by atoms with Crippen LogP contribution in [0, 0.1) is 6.92 Å². The van der Waals surface area contributed by atoms with Crippen molar-refractivity contribution in [2.24, 2.45) is 0 Å². The van der Waals surface area contributed by atoms with Gasteiger partial charge in [-0.2, -0.15) is 0 Å². The van der Waals surface area contributed by atoms with Gasteiger partial charge in [-0.3, -0.25) is 9.78 Å². The molecular weight excluding hydrogens is 266 g/mol. The van der Waals surface area contributed by atoms with E-state index in [1.165, 1.54) is 7.11 Å². The van der Waals surface area contributed by atoms with Crippen molar-refractivity contribution in [1.29, 1.82) is 0 Å². The fraction of sp³-hybridized carbons (Fsp3) is 0.125. The van der Waals surface area contributed by atoms with E-state index in [4.69, 9.17) is 4.74 Å². The number of nitrogens with zero attached hydrogens (tertiary/aromatic N) is 3. The molecule has 3 aromatic rings. The lowest BCUT2D eigenvalue weighted by Crippen LogP contribution is -2.05. The summed E-state index contributed by atoms with van der Waals surface area (Å²) in [7, 11) is 1.50. The summed E-state index contributed by atoms with van der Waals surface area (Å²) < 4.78 is 4.93. The van der Waals surface area contributed by atoms with Gasteiger partial charge in [0.05, 0.1) is 12.6 Å². The maximum absolute atomic E-state index is 12.4. The number of aromatic nitrogens is 3. The molecule has 1 aromatic carbocycles. The Labute approximate surface area is 121 Å². The SMILES string of the molecule is COc1ccc(C(=O)c2ccc3nc(C)ccc3c2)nn1.